The normalized spacial score (nSPS) is 11.5. The summed E-state index contributed by atoms with van der Waals surface area (Å²) in [6, 6.07) is 18.2. The van der Waals surface area contributed by atoms with Gasteiger partial charge in [-0.05, 0) is 71.7 Å². The Balaban J connectivity index is 2.00. The number of nitrogens with zero attached hydrogens (tertiary/aromatic N) is 1. The maximum Gasteiger partial charge on any atom is 0.339 e. The van der Waals surface area contributed by atoms with Crippen LogP contribution in [0.3, 0.4) is 0 Å². The fourth-order valence-electron chi connectivity index (χ4n) is 2.97. The third kappa shape index (κ3) is 6.11. The molecule has 0 fully saturated rings. The van der Waals surface area contributed by atoms with Crippen molar-refractivity contribution in [3.05, 3.63) is 91.9 Å². The molecule has 168 valence electrons. The highest BCUT2D eigenvalue weighted by Gasteiger charge is 2.21. The highest BCUT2D eigenvalue weighted by atomic mass is 79.9. The first-order valence-electron chi connectivity index (χ1n) is 9.59. The largest absolute Gasteiger partial charge is 0.377 e. The lowest BCUT2D eigenvalue weighted by Crippen LogP contribution is -2.15. The Labute approximate surface area is 209 Å². The number of amides is 1. The summed E-state index contributed by atoms with van der Waals surface area (Å²) in [6.45, 7) is 3.79. The van der Waals surface area contributed by atoms with Gasteiger partial charge in [-0.3, -0.25) is 4.79 Å². The third-order valence-electron chi connectivity index (χ3n) is 4.56. The molecule has 33 heavy (non-hydrogen) atoms. The van der Waals surface area contributed by atoms with Crippen LogP contribution in [0.2, 0.25) is 0 Å². The van der Waals surface area contributed by atoms with Gasteiger partial charge in [-0.25, -0.2) is 0 Å². The Hall–Kier alpha value is -2.93. The minimum Gasteiger partial charge on any atom is -0.377 e. The Morgan fingerprint density at radius 3 is 2.39 bits per heavy atom. The van der Waals surface area contributed by atoms with Crippen molar-refractivity contribution in [1.29, 1.82) is 5.26 Å². The molecule has 1 N–H and O–H groups in total. The van der Waals surface area contributed by atoms with Crippen LogP contribution in [0.4, 0.5) is 5.69 Å². The van der Waals surface area contributed by atoms with E-state index in [2.05, 4.69) is 37.2 Å². The van der Waals surface area contributed by atoms with Gasteiger partial charge in [0.25, 0.3) is 5.91 Å². The quantitative estimate of drug-likeness (QED) is 0.211. The first-order valence-corrected chi connectivity index (χ1v) is 12.6. The number of benzene rings is 3. The number of hydrogen-bond acceptors (Lipinski definition) is 5. The zero-order chi connectivity index (χ0) is 24.2. The first kappa shape index (κ1) is 24.7. The molecule has 0 radical (unpaired) electrons. The number of rotatable bonds is 6. The molecule has 3 aromatic carbocycles. The van der Waals surface area contributed by atoms with E-state index in [4.69, 9.17) is 4.18 Å². The first-order chi connectivity index (χ1) is 15.6. The number of hydrogen-bond donors (Lipinski definition) is 1. The molecule has 1 amide bonds. The predicted octanol–water partition coefficient (Wildman–Crippen LogP) is 6.14. The van der Waals surface area contributed by atoms with E-state index in [1.165, 1.54) is 18.2 Å². The molecule has 0 aliphatic rings. The van der Waals surface area contributed by atoms with Gasteiger partial charge in [0, 0.05) is 15.7 Å². The number of carbonyl (C=O) groups excluding carboxylic acids is 1. The van der Waals surface area contributed by atoms with Crippen LogP contribution >= 0.6 is 31.9 Å². The van der Waals surface area contributed by atoms with E-state index in [-0.39, 0.29) is 21.8 Å². The lowest BCUT2D eigenvalue weighted by molar-refractivity contribution is -0.112. The number of anilines is 1. The molecule has 9 heteroatoms. The van der Waals surface area contributed by atoms with Crippen molar-refractivity contribution >= 4 is 59.6 Å². The molecule has 0 spiro atoms. The van der Waals surface area contributed by atoms with Gasteiger partial charge < -0.3 is 9.50 Å². The molecule has 0 aliphatic heterocycles. The molecule has 3 aromatic rings. The summed E-state index contributed by atoms with van der Waals surface area (Å²) in [5.74, 6) is -0.675. The molecule has 3 rings (SSSR count). The summed E-state index contributed by atoms with van der Waals surface area (Å²) in [5, 5.41) is 12.3. The van der Waals surface area contributed by atoms with Gasteiger partial charge in [-0.1, -0.05) is 51.8 Å². The second-order valence-electron chi connectivity index (χ2n) is 7.10. The van der Waals surface area contributed by atoms with Crippen LogP contribution in [-0.2, 0) is 14.9 Å². The van der Waals surface area contributed by atoms with E-state index in [9.17, 15) is 18.5 Å². The number of nitriles is 1. The van der Waals surface area contributed by atoms with Gasteiger partial charge in [-0.15, -0.1) is 0 Å². The summed E-state index contributed by atoms with van der Waals surface area (Å²) < 4.78 is 31.9. The minimum atomic E-state index is -4.15. The molecule has 0 saturated carbocycles. The highest BCUT2D eigenvalue weighted by molar-refractivity contribution is 9.11. The van der Waals surface area contributed by atoms with Gasteiger partial charge in [0.15, 0.2) is 5.75 Å². The standard InChI is InChI=1S/C24H18Br2N2O4S/c1-15-8-9-22(16(2)10-15)28-24(29)18(14-27)11-17-12-19(25)13-21(26)23(17)32-33(30,31)20-6-4-3-5-7-20/h3-13H,1-2H3,(H,28,29)/b18-11+. The second-order valence-corrected chi connectivity index (χ2v) is 10.4. The van der Waals surface area contributed by atoms with E-state index in [1.807, 2.05) is 32.0 Å². The second kappa shape index (κ2) is 10.3. The average Bonchev–Trinajstić information content (AvgIpc) is 2.76. The summed E-state index contributed by atoms with van der Waals surface area (Å²) in [5.41, 5.74) is 2.47. The third-order valence-corrected chi connectivity index (χ3v) is 6.84. The van der Waals surface area contributed by atoms with Crippen molar-refractivity contribution in [2.45, 2.75) is 18.7 Å². The van der Waals surface area contributed by atoms with Crippen LogP contribution < -0.4 is 9.50 Å². The number of aryl methyl sites for hydroxylation is 2. The smallest absolute Gasteiger partial charge is 0.339 e. The van der Waals surface area contributed by atoms with Crippen molar-refractivity contribution in [2.24, 2.45) is 0 Å². The lowest BCUT2D eigenvalue weighted by Gasteiger charge is -2.13. The van der Waals surface area contributed by atoms with Crippen LogP contribution in [0.5, 0.6) is 5.75 Å². The summed E-state index contributed by atoms with van der Waals surface area (Å²) >= 11 is 6.65. The van der Waals surface area contributed by atoms with Crippen molar-refractivity contribution in [1.82, 2.24) is 0 Å². The maximum atomic E-state index is 12.8. The lowest BCUT2D eigenvalue weighted by atomic mass is 10.1. The molecule has 0 bridgehead atoms. The molecular weight excluding hydrogens is 572 g/mol. The maximum absolute atomic E-state index is 12.8. The zero-order valence-electron chi connectivity index (χ0n) is 17.6. The number of nitrogens with one attached hydrogen (secondary N) is 1. The zero-order valence-corrected chi connectivity index (χ0v) is 21.6. The summed E-state index contributed by atoms with van der Waals surface area (Å²) in [4.78, 5) is 12.8. The van der Waals surface area contributed by atoms with Crippen LogP contribution in [0.25, 0.3) is 6.08 Å². The Bertz CT molecular complexity index is 1400. The number of halogens is 2. The topological polar surface area (TPSA) is 96.3 Å². The molecular formula is C24H18Br2N2O4S. The van der Waals surface area contributed by atoms with Gasteiger partial charge in [0.2, 0.25) is 0 Å². The van der Waals surface area contributed by atoms with Gasteiger partial charge in [0.1, 0.15) is 16.5 Å². The van der Waals surface area contributed by atoms with Gasteiger partial charge >= 0.3 is 10.1 Å². The monoisotopic (exact) mass is 588 g/mol. The molecule has 0 unspecified atom stereocenters. The van der Waals surface area contributed by atoms with Crippen LogP contribution in [-0.4, -0.2) is 14.3 Å². The Morgan fingerprint density at radius 1 is 1.06 bits per heavy atom. The van der Waals surface area contributed by atoms with Crippen molar-refractivity contribution in [3.63, 3.8) is 0 Å². The molecule has 0 aliphatic carbocycles. The van der Waals surface area contributed by atoms with E-state index in [1.54, 1.807) is 36.4 Å². The van der Waals surface area contributed by atoms with Crippen molar-refractivity contribution in [3.8, 4) is 11.8 Å². The fourth-order valence-corrected chi connectivity index (χ4v) is 5.41. The van der Waals surface area contributed by atoms with Crippen LogP contribution in [0.15, 0.2) is 80.1 Å². The molecule has 0 aromatic heterocycles. The van der Waals surface area contributed by atoms with E-state index in [0.29, 0.717) is 14.6 Å². The molecule has 0 saturated heterocycles. The highest BCUT2D eigenvalue weighted by Crippen LogP contribution is 2.36. The Morgan fingerprint density at radius 2 is 1.76 bits per heavy atom. The minimum absolute atomic E-state index is 0.0251. The Kier molecular flexibility index (Phi) is 7.74. The van der Waals surface area contributed by atoms with Crippen LogP contribution in [0.1, 0.15) is 16.7 Å². The van der Waals surface area contributed by atoms with Crippen molar-refractivity contribution in [2.75, 3.05) is 5.32 Å². The van der Waals surface area contributed by atoms with Crippen LogP contribution in [0, 0.1) is 25.2 Å². The van der Waals surface area contributed by atoms with Gasteiger partial charge in [-0.2, -0.15) is 13.7 Å². The summed E-state index contributed by atoms with van der Waals surface area (Å²) in [6.07, 6.45) is 1.28. The molecule has 6 nitrogen and oxygen atoms in total. The molecule has 0 atom stereocenters. The molecule has 0 heterocycles. The van der Waals surface area contributed by atoms with Crippen molar-refractivity contribution < 1.29 is 17.4 Å². The summed E-state index contributed by atoms with van der Waals surface area (Å²) in [7, 11) is -4.15. The average molecular weight is 590 g/mol. The number of carbonyl (C=O) groups is 1. The van der Waals surface area contributed by atoms with E-state index >= 15 is 0 Å². The fraction of sp³-hybridized carbons (Fsp3) is 0.0833. The SMILES string of the molecule is Cc1ccc(NC(=O)/C(C#N)=C/c2cc(Br)cc(Br)c2OS(=O)(=O)c2ccccc2)c(C)c1. The predicted molar refractivity (Wildman–Crippen MR) is 134 cm³/mol. The van der Waals surface area contributed by atoms with E-state index < -0.39 is 16.0 Å². The van der Waals surface area contributed by atoms with E-state index in [0.717, 1.165) is 11.1 Å². The van der Waals surface area contributed by atoms with Gasteiger partial charge in [0.05, 0.1) is 4.47 Å².